The number of aliphatic carboxylic acids is 1. The van der Waals surface area contributed by atoms with E-state index in [4.69, 9.17) is 13.9 Å². The summed E-state index contributed by atoms with van der Waals surface area (Å²) in [6, 6.07) is 4.76. The summed E-state index contributed by atoms with van der Waals surface area (Å²) < 4.78 is 56.1. The van der Waals surface area contributed by atoms with Gasteiger partial charge >= 0.3 is 12.1 Å². The van der Waals surface area contributed by atoms with Gasteiger partial charge in [-0.1, -0.05) is 20.3 Å². The van der Waals surface area contributed by atoms with E-state index in [1.807, 2.05) is 13.8 Å². The molecule has 6 nitrogen and oxygen atoms in total. The van der Waals surface area contributed by atoms with Gasteiger partial charge in [-0.25, -0.2) is 9.78 Å². The molecule has 1 heterocycles. The fourth-order valence-corrected chi connectivity index (χ4v) is 4.26. The summed E-state index contributed by atoms with van der Waals surface area (Å²) in [7, 11) is 0. The standard InChI is InChI=1S/C26H34F3NO5/c1-16(2)22-21(30-23(35-22)19-8-10-20(11-9-19)26(27,28)29)15-33-13-17-6-5-7-18(12-17)14-34-25(3,4)24(31)32/h8-11,16-18H,5-7,12-15H2,1-4H3,(H,31,32)/t17-,18?/m1/s1. The molecule has 1 aromatic heterocycles. The van der Waals surface area contributed by atoms with E-state index in [0.717, 1.165) is 37.8 Å². The molecule has 1 saturated carbocycles. The number of halogens is 3. The quantitative estimate of drug-likeness (QED) is 0.394. The number of carbonyl (C=O) groups is 1. The molecular formula is C26H34F3NO5. The molecule has 1 unspecified atom stereocenters. The Morgan fingerprint density at radius 2 is 1.77 bits per heavy atom. The van der Waals surface area contributed by atoms with Crippen LogP contribution in [-0.4, -0.2) is 34.9 Å². The van der Waals surface area contributed by atoms with Gasteiger partial charge in [-0.2, -0.15) is 13.2 Å². The van der Waals surface area contributed by atoms with Crippen LogP contribution in [0, 0.1) is 11.8 Å². The van der Waals surface area contributed by atoms with Gasteiger partial charge in [0.25, 0.3) is 0 Å². The highest BCUT2D eigenvalue weighted by molar-refractivity contribution is 5.76. The average Bonchev–Trinajstić information content (AvgIpc) is 3.22. The molecule has 3 rings (SSSR count). The van der Waals surface area contributed by atoms with Crippen LogP contribution in [0.25, 0.3) is 11.5 Å². The van der Waals surface area contributed by atoms with Crippen molar-refractivity contribution >= 4 is 5.97 Å². The molecule has 35 heavy (non-hydrogen) atoms. The Morgan fingerprint density at radius 1 is 1.14 bits per heavy atom. The fraction of sp³-hybridized carbons (Fsp3) is 0.615. The molecular weight excluding hydrogens is 463 g/mol. The Labute approximate surface area is 203 Å². The number of carboxylic acids is 1. The van der Waals surface area contributed by atoms with Crippen molar-refractivity contribution in [3.63, 3.8) is 0 Å². The van der Waals surface area contributed by atoms with Crippen LogP contribution in [0.4, 0.5) is 13.2 Å². The molecule has 1 aliphatic carbocycles. The van der Waals surface area contributed by atoms with Crippen molar-refractivity contribution in [3.05, 3.63) is 41.3 Å². The Balaban J connectivity index is 1.57. The van der Waals surface area contributed by atoms with Gasteiger partial charge in [0.2, 0.25) is 5.89 Å². The first kappa shape index (κ1) is 27.2. The molecule has 2 aromatic rings. The summed E-state index contributed by atoms with van der Waals surface area (Å²) in [6.45, 7) is 8.24. The summed E-state index contributed by atoms with van der Waals surface area (Å²) >= 11 is 0. The van der Waals surface area contributed by atoms with Crippen LogP contribution in [0.3, 0.4) is 0 Å². The van der Waals surface area contributed by atoms with Gasteiger partial charge in [-0.05, 0) is 69.2 Å². The van der Waals surface area contributed by atoms with Gasteiger partial charge in [0.15, 0.2) is 5.60 Å². The first-order valence-electron chi connectivity index (χ1n) is 12.0. The van der Waals surface area contributed by atoms with Gasteiger partial charge < -0.3 is 19.0 Å². The molecule has 1 fully saturated rings. The first-order chi connectivity index (χ1) is 16.4. The number of hydrogen-bond acceptors (Lipinski definition) is 5. The number of ether oxygens (including phenoxy) is 2. The number of rotatable bonds is 10. The molecule has 2 atom stereocenters. The van der Waals surface area contributed by atoms with Gasteiger partial charge in [0.05, 0.1) is 18.8 Å². The lowest BCUT2D eigenvalue weighted by molar-refractivity contribution is -0.163. The van der Waals surface area contributed by atoms with Crippen LogP contribution in [0.2, 0.25) is 0 Å². The maximum absolute atomic E-state index is 12.9. The minimum absolute atomic E-state index is 0.0399. The van der Waals surface area contributed by atoms with E-state index in [9.17, 15) is 23.1 Å². The predicted octanol–water partition coefficient (Wildman–Crippen LogP) is 6.69. The zero-order valence-electron chi connectivity index (χ0n) is 20.7. The number of oxazole rings is 1. The second-order valence-corrected chi connectivity index (χ2v) is 10.1. The molecule has 0 saturated heterocycles. The summed E-state index contributed by atoms with van der Waals surface area (Å²) in [6.07, 6.45) is -0.417. The fourth-order valence-electron chi connectivity index (χ4n) is 4.26. The SMILES string of the molecule is CC(C)c1oc(-c2ccc(C(F)(F)F)cc2)nc1COC[C@@H]1CCCC(COC(C)(C)C(=O)O)C1. The molecule has 1 N–H and O–H groups in total. The summed E-state index contributed by atoms with van der Waals surface area (Å²) in [4.78, 5) is 15.8. The molecule has 9 heteroatoms. The number of carboxylic acid groups (broad SMARTS) is 1. The van der Waals surface area contributed by atoms with Crippen LogP contribution in [0.1, 0.15) is 76.3 Å². The highest BCUT2D eigenvalue weighted by Crippen LogP contribution is 2.33. The zero-order valence-corrected chi connectivity index (χ0v) is 20.7. The van der Waals surface area contributed by atoms with Gasteiger partial charge in [0, 0.05) is 18.1 Å². The Kier molecular flexibility index (Phi) is 8.64. The van der Waals surface area contributed by atoms with Gasteiger partial charge in [-0.3, -0.25) is 0 Å². The Hall–Kier alpha value is -2.39. The van der Waals surface area contributed by atoms with Crippen molar-refractivity contribution in [2.45, 2.75) is 77.7 Å². The molecule has 1 aliphatic rings. The van der Waals surface area contributed by atoms with E-state index in [1.165, 1.54) is 12.1 Å². The third-order valence-corrected chi connectivity index (χ3v) is 6.39. The lowest BCUT2D eigenvalue weighted by Crippen LogP contribution is -2.37. The van der Waals surface area contributed by atoms with E-state index >= 15 is 0 Å². The molecule has 0 aliphatic heterocycles. The highest BCUT2D eigenvalue weighted by Gasteiger charge is 2.31. The maximum Gasteiger partial charge on any atom is 0.416 e. The molecule has 0 radical (unpaired) electrons. The van der Waals surface area contributed by atoms with E-state index in [2.05, 4.69) is 4.98 Å². The molecule has 0 spiro atoms. The maximum atomic E-state index is 12.9. The third-order valence-electron chi connectivity index (χ3n) is 6.39. The largest absolute Gasteiger partial charge is 0.479 e. The topological polar surface area (TPSA) is 81.8 Å². The minimum atomic E-state index is -4.39. The molecule has 194 valence electrons. The summed E-state index contributed by atoms with van der Waals surface area (Å²) in [5.41, 5.74) is -0.795. The van der Waals surface area contributed by atoms with Crippen molar-refractivity contribution in [1.82, 2.24) is 4.98 Å². The van der Waals surface area contributed by atoms with Gasteiger partial charge in [-0.15, -0.1) is 0 Å². The van der Waals surface area contributed by atoms with Crippen LogP contribution < -0.4 is 0 Å². The summed E-state index contributed by atoms with van der Waals surface area (Å²) in [5, 5.41) is 9.22. The van der Waals surface area contributed by atoms with E-state index in [0.29, 0.717) is 42.1 Å². The van der Waals surface area contributed by atoms with Crippen LogP contribution in [0.5, 0.6) is 0 Å². The van der Waals surface area contributed by atoms with Crippen molar-refractivity contribution in [2.24, 2.45) is 11.8 Å². The number of hydrogen-bond donors (Lipinski definition) is 1. The molecule has 0 bridgehead atoms. The third kappa shape index (κ3) is 7.30. The predicted molar refractivity (Wildman–Crippen MR) is 124 cm³/mol. The number of nitrogens with zero attached hydrogens (tertiary/aromatic N) is 1. The first-order valence-corrected chi connectivity index (χ1v) is 12.0. The normalized spacial score (nSPS) is 19.3. The average molecular weight is 498 g/mol. The van der Waals surface area contributed by atoms with E-state index in [1.54, 1.807) is 13.8 Å². The van der Waals surface area contributed by atoms with Crippen molar-refractivity contribution in [3.8, 4) is 11.5 Å². The number of aromatic nitrogens is 1. The van der Waals surface area contributed by atoms with Crippen molar-refractivity contribution in [2.75, 3.05) is 13.2 Å². The summed E-state index contributed by atoms with van der Waals surface area (Å²) in [5.74, 6) is 0.632. The molecule has 1 aromatic carbocycles. The monoisotopic (exact) mass is 497 g/mol. The number of benzene rings is 1. The Bertz CT molecular complexity index is 982. The van der Waals surface area contributed by atoms with Crippen LogP contribution in [-0.2, 0) is 27.1 Å². The highest BCUT2D eigenvalue weighted by atomic mass is 19.4. The van der Waals surface area contributed by atoms with E-state index in [-0.39, 0.29) is 18.4 Å². The zero-order chi connectivity index (χ0) is 25.8. The lowest BCUT2D eigenvalue weighted by Gasteiger charge is -2.31. The number of alkyl halides is 3. The van der Waals surface area contributed by atoms with Crippen LogP contribution in [0.15, 0.2) is 28.7 Å². The second kappa shape index (κ2) is 11.1. The minimum Gasteiger partial charge on any atom is -0.479 e. The second-order valence-electron chi connectivity index (χ2n) is 10.1. The van der Waals surface area contributed by atoms with Crippen molar-refractivity contribution < 1.29 is 37.0 Å². The van der Waals surface area contributed by atoms with E-state index < -0.39 is 23.3 Å². The Morgan fingerprint density at radius 3 is 2.34 bits per heavy atom. The van der Waals surface area contributed by atoms with Crippen molar-refractivity contribution in [1.29, 1.82) is 0 Å². The van der Waals surface area contributed by atoms with Crippen LogP contribution >= 0.6 is 0 Å². The molecule has 0 amide bonds. The smallest absolute Gasteiger partial charge is 0.416 e. The lowest BCUT2D eigenvalue weighted by atomic mass is 9.82. The van der Waals surface area contributed by atoms with Gasteiger partial charge in [0.1, 0.15) is 11.5 Å².